The van der Waals surface area contributed by atoms with Gasteiger partial charge in [-0.2, -0.15) is 0 Å². The number of likely N-dealkylation sites (N-methyl/N-ethyl adjacent to an activating group) is 2. The average Bonchev–Trinajstić information content (AvgIpc) is 3.82. The first kappa shape index (κ1) is 61.1. The summed E-state index contributed by atoms with van der Waals surface area (Å²) in [5, 5.41) is 24.7. The Kier molecular flexibility index (Phi) is 24.9. The minimum atomic E-state index is -0.990. The summed E-state index contributed by atoms with van der Waals surface area (Å²) in [6, 6.07) is 4.77. The van der Waals surface area contributed by atoms with E-state index in [0.717, 1.165) is 0 Å². The Bertz CT molecular complexity index is 1980. The van der Waals surface area contributed by atoms with Gasteiger partial charge in [-0.15, -0.1) is 23.5 Å². The molecule has 1 fully saturated rings. The fraction of sp³-hybridized carbons (Fsp3) is 0.712. The van der Waals surface area contributed by atoms with Crippen LogP contribution < -0.4 is 21.3 Å². The Hall–Kier alpha value is -4.17. The quantitative estimate of drug-likeness (QED) is 0.0840. The Balaban J connectivity index is 1.68. The lowest BCUT2D eigenvalue weighted by Gasteiger charge is -2.41. The van der Waals surface area contributed by atoms with Gasteiger partial charge < -0.3 is 50.5 Å². The number of benzene rings is 1. The third kappa shape index (κ3) is 16.7. The standard InChI is InChI=1S/C52H85N7O10S2/c1-16-31(6)45(39(68-14)27-42(61)59-26-20-23-38(59)47(69-15)32(7)48(63)54-33(8)46(62)37-21-18-17-19-22-37)58(13)52(67)43(29(2)3)56-51(66)44(30(4)5)57(12)41(60)24-25-53-49(64)34(9)55-50(65)40-28-70-35(10)36(11)71-40/h17-19,21-22,28-36,38-39,43-47,62H,16,20,23-27H2,1-15H3,(H,53,64)(H,54,63)(H,55,65)(H,56,66)/t31?,32-,33-,34?,35?,36?,38+,39?,43+,44+,45+,46-,47-/m1/s1. The van der Waals surface area contributed by atoms with Crippen molar-refractivity contribution in [1.82, 2.24) is 36.0 Å². The number of methoxy groups -OCH3 is 2. The molecular weight excluding hydrogens is 947 g/mol. The lowest BCUT2D eigenvalue weighted by atomic mass is 9.89. The number of aliphatic hydroxyl groups excluding tert-OH is 1. The second-order valence-corrected chi connectivity index (χ2v) is 22.7. The SMILES string of the molecule is CCC(C)[C@@H](C(CC(=O)N1CCC[C@H]1[C@H](OC)[C@@H](C)C(=O)N[C@H](C)[C@@H](O)c1ccccc1)OC)N(C)C(=O)[C@@H](NC(=O)[C@H](C(C)C)N(C)C(=O)CCNC(=O)C(C)NC(=O)C1=CSC(C)C(C)S1)C(C)C. The highest BCUT2D eigenvalue weighted by Gasteiger charge is 2.44. The van der Waals surface area contributed by atoms with Crippen molar-refractivity contribution in [2.45, 2.75) is 173 Å². The Morgan fingerprint density at radius 2 is 1.48 bits per heavy atom. The van der Waals surface area contributed by atoms with Crippen LogP contribution in [0.15, 0.2) is 40.6 Å². The molecule has 7 amide bonds. The molecule has 2 aliphatic heterocycles. The topological polar surface area (TPSA) is 216 Å². The van der Waals surface area contributed by atoms with Crippen LogP contribution in [0, 0.1) is 23.7 Å². The number of nitrogens with one attached hydrogen (secondary N) is 4. The van der Waals surface area contributed by atoms with Gasteiger partial charge in [0.05, 0.1) is 53.7 Å². The van der Waals surface area contributed by atoms with Crippen LogP contribution in [0.5, 0.6) is 0 Å². The molecule has 0 aliphatic carbocycles. The Morgan fingerprint density at radius 1 is 0.831 bits per heavy atom. The molecule has 17 nitrogen and oxygen atoms in total. The maximum atomic E-state index is 14.6. The summed E-state index contributed by atoms with van der Waals surface area (Å²) in [6.07, 6.45) is -0.453. The molecule has 400 valence electrons. The van der Waals surface area contributed by atoms with Gasteiger partial charge in [0.2, 0.25) is 35.4 Å². The normalized spacial score (nSPS) is 21.3. The van der Waals surface area contributed by atoms with Gasteiger partial charge in [-0.3, -0.25) is 33.6 Å². The fourth-order valence-corrected chi connectivity index (χ4v) is 11.6. The van der Waals surface area contributed by atoms with Crippen LogP contribution in [0.3, 0.4) is 0 Å². The van der Waals surface area contributed by atoms with E-state index >= 15 is 0 Å². The monoisotopic (exact) mass is 1030 g/mol. The summed E-state index contributed by atoms with van der Waals surface area (Å²) in [7, 11) is 6.24. The summed E-state index contributed by atoms with van der Waals surface area (Å²) >= 11 is 3.05. The van der Waals surface area contributed by atoms with E-state index in [-0.39, 0.29) is 66.0 Å². The van der Waals surface area contributed by atoms with Gasteiger partial charge in [0.1, 0.15) is 18.1 Å². The molecule has 0 radical (unpaired) electrons. The Labute approximate surface area is 431 Å². The van der Waals surface area contributed by atoms with Crippen molar-refractivity contribution < 1.29 is 48.1 Å². The molecular formula is C52H85N7O10S2. The first-order chi connectivity index (χ1) is 33.4. The van der Waals surface area contributed by atoms with E-state index in [1.165, 1.54) is 37.9 Å². The highest BCUT2D eigenvalue weighted by Crippen LogP contribution is 2.37. The number of carbonyl (C=O) groups excluding carboxylic acids is 7. The minimum Gasteiger partial charge on any atom is -0.386 e. The highest BCUT2D eigenvalue weighted by molar-refractivity contribution is 8.10. The molecule has 1 aromatic rings. The van der Waals surface area contributed by atoms with Crippen LogP contribution in [0.25, 0.3) is 0 Å². The number of aliphatic hydroxyl groups is 1. The zero-order valence-corrected chi connectivity index (χ0v) is 46.5. The number of rotatable bonds is 26. The smallest absolute Gasteiger partial charge is 0.258 e. The predicted octanol–water partition coefficient (Wildman–Crippen LogP) is 4.88. The van der Waals surface area contributed by atoms with Gasteiger partial charge in [-0.25, -0.2) is 0 Å². The Morgan fingerprint density at radius 3 is 2.04 bits per heavy atom. The van der Waals surface area contributed by atoms with Gasteiger partial charge >= 0.3 is 0 Å². The number of ether oxygens (including phenoxy) is 2. The number of amides is 7. The molecule has 1 aromatic carbocycles. The van der Waals surface area contributed by atoms with E-state index in [2.05, 4.69) is 35.1 Å². The molecule has 0 spiro atoms. The first-order valence-electron chi connectivity index (χ1n) is 25.2. The number of carbonyl (C=O) groups is 7. The summed E-state index contributed by atoms with van der Waals surface area (Å²) in [5.74, 6) is -4.05. The summed E-state index contributed by atoms with van der Waals surface area (Å²) in [6.45, 7) is 20.9. The van der Waals surface area contributed by atoms with Crippen LogP contribution in [0.2, 0.25) is 0 Å². The maximum absolute atomic E-state index is 14.6. The van der Waals surface area contributed by atoms with Crippen molar-refractivity contribution in [3.63, 3.8) is 0 Å². The highest BCUT2D eigenvalue weighted by atomic mass is 32.2. The third-order valence-electron chi connectivity index (χ3n) is 14.2. The first-order valence-corrected chi connectivity index (χ1v) is 27.1. The fourth-order valence-electron chi connectivity index (χ4n) is 9.40. The van der Waals surface area contributed by atoms with E-state index in [4.69, 9.17) is 9.47 Å². The average molecular weight is 1030 g/mol. The van der Waals surface area contributed by atoms with Crippen molar-refractivity contribution >= 4 is 64.9 Å². The lowest BCUT2D eigenvalue weighted by Crippen LogP contribution is -2.60. The van der Waals surface area contributed by atoms with Crippen molar-refractivity contribution in [2.24, 2.45) is 23.7 Å². The molecule has 5 unspecified atom stereocenters. The minimum absolute atomic E-state index is 0.0170. The zero-order valence-electron chi connectivity index (χ0n) is 44.9. The molecule has 2 aliphatic rings. The molecule has 0 saturated carbocycles. The van der Waals surface area contributed by atoms with E-state index in [1.54, 1.807) is 61.5 Å². The third-order valence-corrected chi connectivity index (χ3v) is 17.0. The van der Waals surface area contributed by atoms with Gasteiger partial charge in [0.15, 0.2) is 0 Å². The number of nitrogens with zero attached hydrogens (tertiary/aromatic N) is 3. The lowest BCUT2D eigenvalue weighted by molar-refractivity contribution is -0.148. The molecule has 0 aromatic heterocycles. The van der Waals surface area contributed by atoms with Crippen LogP contribution in [-0.2, 0) is 43.0 Å². The molecule has 2 heterocycles. The number of hydrogen-bond acceptors (Lipinski definition) is 12. The molecule has 0 bridgehead atoms. The summed E-state index contributed by atoms with van der Waals surface area (Å²) in [5.41, 5.74) is 0.684. The van der Waals surface area contributed by atoms with Crippen LogP contribution in [0.4, 0.5) is 0 Å². The molecule has 1 saturated heterocycles. The van der Waals surface area contributed by atoms with Gasteiger partial charge in [0.25, 0.3) is 5.91 Å². The number of hydrogen-bond donors (Lipinski definition) is 5. The molecule has 19 heteroatoms. The molecule has 5 N–H and O–H groups in total. The van der Waals surface area contributed by atoms with Gasteiger partial charge in [0, 0.05) is 58.3 Å². The van der Waals surface area contributed by atoms with Crippen molar-refractivity contribution in [1.29, 1.82) is 0 Å². The summed E-state index contributed by atoms with van der Waals surface area (Å²) in [4.78, 5) is 101. The van der Waals surface area contributed by atoms with E-state index < -0.39 is 78.2 Å². The van der Waals surface area contributed by atoms with Crippen LogP contribution >= 0.6 is 23.5 Å². The second-order valence-electron chi connectivity index (χ2n) is 20.0. The maximum Gasteiger partial charge on any atom is 0.258 e. The van der Waals surface area contributed by atoms with Crippen molar-refractivity contribution in [3.05, 3.63) is 46.2 Å². The van der Waals surface area contributed by atoms with Crippen molar-refractivity contribution in [2.75, 3.05) is 41.4 Å². The molecule has 3 rings (SSSR count). The van der Waals surface area contributed by atoms with Gasteiger partial charge in [-0.1, -0.05) is 99.1 Å². The molecule has 13 atom stereocenters. The van der Waals surface area contributed by atoms with Gasteiger partial charge in [-0.05, 0) is 55.4 Å². The number of likely N-dealkylation sites (tertiary alicyclic amines) is 1. The van der Waals surface area contributed by atoms with Crippen LogP contribution in [-0.4, -0.2) is 162 Å². The van der Waals surface area contributed by atoms with E-state index in [0.29, 0.717) is 41.5 Å². The summed E-state index contributed by atoms with van der Waals surface area (Å²) < 4.78 is 12.0. The van der Waals surface area contributed by atoms with Crippen LogP contribution in [0.1, 0.15) is 120 Å². The zero-order chi connectivity index (χ0) is 53.4. The van der Waals surface area contributed by atoms with E-state index in [9.17, 15) is 38.7 Å². The second kappa shape index (κ2) is 28.9. The largest absolute Gasteiger partial charge is 0.386 e. The predicted molar refractivity (Wildman–Crippen MR) is 281 cm³/mol. The van der Waals surface area contributed by atoms with Crippen molar-refractivity contribution in [3.8, 4) is 0 Å². The van der Waals surface area contributed by atoms with E-state index in [1.807, 2.05) is 65.1 Å². The molecule has 71 heavy (non-hydrogen) atoms. The number of thioether (sulfide) groups is 2.